The highest BCUT2D eigenvalue weighted by atomic mass is 35.5. The summed E-state index contributed by atoms with van der Waals surface area (Å²) in [5.41, 5.74) is 2.19. The standard InChI is InChI=1S/C11H20ClN3O/c1-4-10-9(11(12)15(2)14-10)8-13-6-5-7-16-3/h13H,4-8H2,1-3H3. The molecule has 1 heterocycles. The van der Waals surface area contributed by atoms with Gasteiger partial charge in [0, 0.05) is 32.9 Å². The molecule has 4 nitrogen and oxygen atoms in total. The molecular formula is C11H20ClN3O. The van der Waals surface area contributed by atoms with Gasteiger partial charge in [0.1, 0.15) is 5.15 Å². The van der Waals surface area contributed by atoms with Gasteiger partial charge >= 0.3 is 0 Å². The molecule has 0 aliphatic heterocycles. The van der Waals surface area contributed by atoms with E-state index < -0.39 is 0 Å². The van der Waals surface area contributed by atoms with Crippen molar-refractivity contribution in [3.63, 3.8) is 0 Å². The lowest BCUT2D eigenvalue weighted by Gasteiger charge is -2.04. The maximum absolute atomic E-state index is 6.17. The Balaban J connectivity index is 2.46. The molecule has 0 atom stereocenters. The smallest absolute Gasteiger partial charge is 0.131 e. The van der Waals surface area contributed by atoms with E-state index in [4.69, 9.17) is 16.3 Å². The second-order valence-electron chi connectivity index (χ2n) is 3.72. The van der Waals surface area contributed by atoms with Crippen molar-refractivity contribution in [2.24, 2.45) is 7.05 Å². The highest BCUT2D eigenvalue weighted by Crippen LogP contribution is 2.19. The fourth-order valence-electron chi connectivity index (χ4n) is 1.61. The minimum absolute atomic E-state index is 0.732. The number of aromatic nitrogens is 2. The molecule has 0 saturated heterocycles. The summed E-state index contributed by atoms with van der Waals surface area (Å²) >= 11 is 6.17. The molecule has 0 amide bonds. The van der Waals surface area contributed by atoms with Crippen LogP contribution in [-0.2, 0) is 24.8 Å². The van der Waals surface area contributed by atoms with Crippen molar-refractivity contribution in [2.75, 3.05) is 20.3 Å². The largest absolute Gasteiger partial charge is 0.385 e. The first-order valence-corrected chi connectivity index (χ1v) is 5.98. The second kappa shape index (κ2) is 6.89. The molecule has 1 aromatic rings. The van der Waals surface area contributed by atoms with Gasteiger partial charge in [-0.25, -0.2) is 0 Å². The van der Waals surface area contributed by atoms with Crippen LogP contribution in [0.3, 0.4) is 0 Å². The van der Waals surface area contributed by atoms with Gasteiger partial charge in [0.2, 0.25) is 0 Å². The van der Waals surface area contributed by atoms with E-state index in [1.165, 1.54) is 0 Å². The lowest BCUT2D eigenvalue weighted by atomic mass is 10.2. The van der Waals surface area contributed by atoms with Gasteiger partial charge in [-0.05, 0) is 19.4 Å². The Bertz CT molecular complexity index is 325. The Morgan fingerprint density at radius 3 is 2.88 bits per heavy atom. The van der Waals surface area contributed by atoms with Gasteiger partial charge in [-0.3, -0.25) is 4.68 Å². The Morgan fingerprint density at radius 1 is 1.50 bits per heavy atom. The molecule has 1 N–H and O–H groups in total. The predicted molar refractivity (Wildman–Crippen MR) is 65.8 cm³/mol. The van der Waals surface area contributed by atoms with Crippen LogP contribution in [-0.4, -0.2) is 30.0 Å². The average Bonchev–Trinajstić information content (AvgIpc) is 2.56. The number of methoxy groups -OCH3 is 1. The zero-order valence-corrected chi connectivity index (χ0v) is 11.0. The number of aryl methyl sites for hydroxylation is 2. The van der Waals surface area contributed by atoms with Crippen molar-refractivity contribution in [2.45, 2.75) is 26.3 Å². The first-order valence-electron chi connectivity index (χ1n) is 5.60. The molecule has 1 aromatic heterocycles. The van der Waals surface area contributed by atoms with Crippen LogP contribution in [0.4, 0.5) is 0 Å². The van der Waals surface area contributed by atoms with Crippen LogP contribution in [0.2, 0.25) is 5.15 Å². The van der Waals surface area contributed by atoms with Crippen molar-refractivity contribution in [1.82, 2.24) is 15.1 Å². The number of rotatable bonds is 7. The van der Waals surface area contributed by atoms with Crippen molar-refractivity contribution in [1.29, 1.82) is 0 Å². The first kappa shape index (κ1) is 13.5. The Labute approximate surface area is 102 Å². The minimum atomic E-state index is 0.732. The zero-order chi connectivity index (χ0) is 12.0. The summed E-state index contributed by atoms with van der Waals surface area (Å²) in [4.78, 5) is 0. The van der Waals surface area contributed by atoms with E-state index >= 15 is 0 Å². The highest BCUT2D eigenvalue weighted by Gasteiger charge is 2.11. The minimum Gasteiger partial charge on any atom is -0.385 e. The van der Waals surface area contributed by atoms with Gasteiger partial charge in [-0.2, -0.15) is 5.10 Å². The fraction of sp³-hybridized carbons (Fsp3) is 0.727. The van der Waals surface area contributed by atoms with Crippen molar-refractivity contribution in [3.8, 4) is 0 Å². The fourth-order valence-corrected chi connectivity index (χ4v) is 1.83. The third kappa shape index (κ3) is 3.47. The normalized spacial score (nSPS) is 11.0. The molecule has 0 spiro atoms. The number of halogens is 1. The molecule has 0 aliphatic carbocycles. The lowest BCUT2D eigenvalue weighted by Crippen LogP contribution is -2.16. The van der Waals surface area contributed by atoms with E-state index in [-0.39, 0.29) is 0 Å². The maximum atomic E-state index is 6.17. The van der Waals surface area contributed by atoms with Gasteiger partial charge in [-0.15, -0.1) is 0 Å². The van der Waals surface area contributed by atoms with Crippen LogP contribution in [0.5, 0.6) is 0 Å². The zero-order valence-electron chi connectivity index (χ0n) is 10.2. The molecule has 5 heteroatoms. The molecule has 0 aromatic carbocycles. The molecule has 1 rings (SSSR count). The van der Waals surface area contributed by atoms with E-state index in [0.717, 1.165) is 48.9 Å². The highest BCUT2D eigenvalue weighted by molar-refractivity contribution is 6.30. The van der Waals surface area contributed by atoms with Crippen molar-refractivity contribution >= 4 is 11.6 Å². The number of ether oxygens (including phenoxy) is 1. The van der Waals surface area contributed by atoms with Gasteiger partial charge < -0.3 is 10.1 Å². The number of nitrogens with zero attached hydrogens (tertiary/aromatic N) is 2. The van der Waals surface area contributed by atoms with E-state index in [0.29, 0.717) is 0 Å². The third-order valence-corrected chi connectivity index (χ3v) is 2.96. The van der Waals surface area contributed by atoms with Crippen LogP contribution in [0.1, 0.15) is 24.6 Å². The van der Waals surface area contributed by atoms with Crippen LogP contribution in [0.15, 0.2) is 0 Å². The monoisotopic (exact) mass is 245 g/mol. The molecule has 0 aliphatic rings. The van der Waals surface area contributed by atoms with Gasteiger partial charge in [0.25, 0.3) is 0 Å². The third-order valence-electron chi connectivity index (χ3n) is 2.49. The van der Waals surface area contributed by atoms with Crippen molar-refractivity contribution < 1.29 is 4.74 Å². The number of nitrogens with one attached hydrogen (secondary N) is 1. The summed E-state index contributed by atoms with van der Waals surface area (Å²) in [6, 6.07) is 0. The van der Waals surface area contributed by atoms with Gasteiger partial charge in [0.05, 0.1) is 5.69 Å². The lowest BCUT2D eigenvalue weighted by molar-refractivity contribution is 0.194. The molecule has 0 radical (unpaired) electrons. The molecular weight excluding hydrogens is 226 g/mol. The van der Waals surface area contributed by atoms with E-state index in [9.17, 15) is 0 Å². The summed E-state index contributed by atoms with van der Waals surface area (Å²) in [5, 5.41) is 8.44. The second-order valence-corrected chi connectivity index (χ2v) is 4.07. The first-order chi connectivity index (χ1) is 7.70. The van der Waals surface area contributed by atoms with Crippen LogP contribution >= 0.6 is 11.6 Å². The van der Waals surface area contributed by atoms with E-state index in [1.54, 1.807) is 11.8 Å². The topological polar surface area (TPSA) is 39.1 Å². The van der Waals surface area contributed by atoms with Crippen LogP contribution < -0.4 is 5.32 Å². The molecule has 0 fully saturated rings. The number of hydrogen-bond donors (Lipinski definition) is 1. The molecule has 0 unspecified atom stereocenters. The van der Waals surface area contributed by atoms with E-state index in [2.05, 4.69) is 17.3 Å². The summed E-state index contributed by atoms with van der Waals surface area (Å²) in [5.74, 6) is 0. The molecule has 92 valence electrons. The van der Waals surface area contributed by atoms with E-state index in [1.807, 2.05) is 7.05 Å². The van der Waals surface area contributed by atoms with Gasteiger partial charge in [-0.1, -0.05) is 18.5 Å². The summed E-state index contributed by atoms with van der Waals surface area (Å²) < 4.78 is 6.71. The average molecular weight is 246 g/mol. The van der Waals surface area contributed by atoms with Crippen molar-refractivity contribution in [3.05, 3.63) is 16.4 Å². The maximum Gasteiger partial charge on any atom is 0.131 e. The van der Waals surface area contributed by atoms with Crippen LogP contribution in [0, 0.1) is 0 Å². The summed E-state index contributed by atoms with van der Waals surface area (Å²) in [7, 11) is 3.59. The SMILES string of the molecule is CCc1nn(C)c(Cl)c1CNCCCOC. The Morgan fingerprint density at radius 2 is 2.25 bits per heavy atom. The summed E-state index contributed by atoms with van der Waals surface area (Å²) in [6.45, 7) is 4.59. The quantitative estimate of drug-likeness (QED) is 0.744. The predicted octanol–water partition coefficient (Wildman–Crippen LogP) is 1.76. The molecule has 0 bridgehead atoms. The Hall–Kier alpha value is -0.580. The Kier molecular flexibility index (Phi) is 5.80. The van der Waals surface area contributed by atoms with Gasteiger partial charge in [0.15, 0.2) is 0 Å². The summed E-state index contributed by atoms with van der Waals surface area (Å²) in [6.07, 6.45) is 1.92. The number of hydrogen-bond acceptors (Lipinski definition) is 3. The molecule has 16 heavy (non-hydrogen) atoms. The molecule has 0 saturated carbocycles. The van der Waals surface area contributed by atoms with Crippen LogP contribution in [0.25, 0.3) is 0 Å².